The van der Waals surface area contributed by atoms with Crippen LogP contribution in [0.3, 0.4) is 0 Å². The summed E-state index contributed by atoms with van der Waals surface area (Å²) in [5, 5.41) is 0. The Morgan fingerprint density at radius 1 is 1.29 bits per heavy atom. The first-order valence-corrected chi connectivity index (χ1v) is 7.28. The van der Waals surface area contributed by atoms with Crippen molar-refractivity contribution in [1.82, 2.24) is 0 Å². The van der Waals surface area contributed by atoms with E-state index in [2.05, 4.69) is 22.5 Å². The minimum atomic E-state index is -0.105. The molecular weight excluding hydrogens is 330 g/mol. The Balaban J connectivity index is 2.41. The van der Waals surface area contributed by atoms with E-state index in [1.54, 1.807) is 30.2 Å². The van der Waals surface area contributed by atoms with Gasteiger partial charge in [-0.05, 0) is 46.3 Å². The van der Waals surface area contributed by atoms with Crippen LogP contribution in [0.1, 0.15) is 10.4 Å². The van der Waals surface area contributed by atoms with Gasteiger partial charge in [0.1, 0.15) is 5.75 Å². The number of rotatable bonds is 5. The van der Waals surface area contributed by atoms with E-state index in [9.17, 15) is 4.79 Å². The predicted octanol–water partition coefficient (Wildman–Crippen LogP) is 4.29. The first-order valence-electron chi connectivity index (χ1n) is 6.48. The van der Waals surface area contributed by atoms with Crippen molar-refractivity contribution in [1.29, 1.82) is 0 Å². The summed E-state index contributed by atoms with van der Waals surface area (Å²) < 4.78 is 5.93. The summed E-state index contributed by atoms with van der Waals surface area (Å²) in [6.45, 7) is 4.16. The monoisotopic (exact) mass is 345 g/mol. The molecule has 0 saturated carbocycles. The van der Waals surface area contributed by atoms with Gasteiger partial charge in [0, 0.05) is 16.7 Å². The van der Waals surface area contributed by atoms with Gasteiger partial charge in [-0.25, -0.2) is 0 Å². The molecule has 21 heavy (non-hydrogen) atoms. The number of carbonyl (C=O) groups is 1. The van der Waals surface area contributed by atoms with Crippen LogP contribution < -0.4 is 9.64 Å². The van der Waals surface area contributed by atoms with E-state index >= 15 is 0 Å². The molecule has 0 aromatic heterocycles. The molecule has 2 aromatic carbocycles. The normalized spacial score (nSPS) is 10.0. The third-order valence-corrected chi connectivity index (χ3v) is 3.72. The number of para-hydroxylation sites is 1. The second-order valence-electron chi connectivity index (χ2n) is 4.39. The number of amides is 1. The number of halogens is 1. The van der Waals surface area contributed by atoms with Gasteiger partial charge in [-0.1, -0.05) is 24.3 Å². The zero-order chi connectivity index (χ0) is 15.2. The third-order valence-electron chi connectivity index (χ3n) is 3.03. The van der Waals surface area contributed by atoms with Gasteiger partial charge in [0.2, 0.25) is 0 Å². The van der Waals surface area contributed by atoms with Crippen molar-refractivity contribution in [2.24, 2.45) is 0 Å². The molecule has 2 aromatic rings. The van der Waals surface area contributed by atoms with Crippen molar-refractivity contribution in [3.05, 3.63) is 71.2 Å². The number of nitrogens with zero attached hydrogens (tertiary/aromatic N) is 1. The summed E-state index contributed by atoms with van der Waals surface area (Å²) in [4.78, 5) is 14.5. The fraction of sp³-hybridized carbons (Fsp3) is 0.118. The molecule has 0 fully saturated rings. The van der Waals surface area contributed by atoms with Gasteiger partial charge in [-0.15, -0.1) is 6.58 Å². The number of anilines is 1. The van der Waals surface area contributed by atoms with Gasteiger partial charge in [0.15, 0.2) is 0 Å². The molecule has 0 atom stereocenters. The molecular formula is C17H16BrNO2. The number of carbonyl (C=O) groups excluding carboxylic acids is 1. The molecule has 1 amide bonds. The van der Waals surface area contributed by atoms with Crippen molar-refractivity contribution in [2.45, 2.75) is 0 Å². The molecule has 0 spiro atoms. The van der Waals surface area contributed by atoms with Gasteiger partial charge in [0.25, 0.3) is 5.91 Å². The van der Waals surface area contributed by atoms with E-state index in [4.69, 9.17) is 4.74 Å². The van der Waals surface area contributed by atoms with Gasteiger partial charge < -0.3 is 9.64 Å². The van der Waals surface area contributed by atoms with E-state index in [1.807, 2.05) is 36.4 Å². The Hall–Kier alpha value is -2.07. The Morgan fingerprint density at radius 3 is 2.62 bits per heavy atom. The highest BCUT2D eigenvalue weighted by Crippen LogP contribution is 2.26. The van der Waals surface area contributed by atoms with Crippen LogP contribution >= 0.6 is 15.9 Å². The summed E-state index contributed by atoms with van der Waals surface area (Å²) in [7, 11) is 1.58. The minimum Gasteiger partial charge on any atom is -0.497 e. The topological polar surface area (TPSA) is 29.5 Å². The second kappa shape index (κ2) is 7.09. The predicted molar refractivity (Wildman–Crippen MR) is 89.0 cm³/mol. The molecule has 2 rings (SSSR count). The van der Waals surface area contributed by atoms with Crippen LogP contribution in [0.15, 0.2) is 65.7 Å². The van der Waals surface area contributed by atoms with Crippen LogP contribution in [0.2, 0.25) is 0 Å². The Bertz CT molecular complexity index is 640. The van der Waals surface area contributed by atoms with Crippen LogP contribution in [0.4, 0.5) is 5.69 Å². The maximum absolute atomic E-state index is 12.8. The van der Waals surface area contributed by atoms with E-state index in [0.29, 0.717) is 17.9 Å². The highest BCUT2D eigenvalue weighted by molar-refractivity contribution is 9.10. The van der Waals surface area contributed by atoms with Crippen LogP contribution in [0.5, 0.6) is 5.75 Å². The number of methoxy groups -OCH3 is 1. The molecule has 0 aliphatic rings. The van der Waals surface area contributed by atoms with Gasteiger partial charge >= 0.3 is 0 Å². The van der Waals surface area contributed by atoms with Crippen molar-refractivity contribution in [3.63, 3.8) is 0 Å². The standard InChI is InChI=1S/C17H16BrNO2/c1-3-11-19(13-7-5-4-6-8-13)17(20)15-12-14(21-2)9-10-16(15)18/h3-10,12H,1,11H2,2H3. The fourth-order valence-corrected chi connectivity index (χ4v) is 2.40. The van der Waals surface area contributed by atoms with Crippen LogP contribution in [0.25, 0.3) is 0 Å². The Kier molecular flexibility index (Phi) is 5.17. The van der Waals surface area contributed by atoms with Crippen LogP contribution in [-0.4, -0.2) is 19.6 Å². The van der Waals surface area contributed by atoms with E-state index < -0.39 is 0 Å². The minimum absolute atomic E-state index is 0.105. The quantitative estimate of drug-likeness (QED) is 0.756. The zero-order valence-corrected chi connectivity index (χ0v) is 13.3. The zero-order valence-electron chi connectivity index (χ0n) is 11.8. The molecule has 0 unspecified atom stereocenters. The molecule has 0 aliphatic heterocycles. The molecule has 3 nitrogen and oxygen atoms in total. The third kappa shape index (κ3) is 3.52. The van der Waals surface area contributed by atoms with Crippen molar-refractivity contribution >= 4 is 27.5 Å². The SMILES string of the molecule is C=CCN(C(=O)c1cc(OC)ccc1Br)c1ccccc1. The first kappa shape index (κ1) is 15.3. The van der Waals surface area contributed by atoms with E-state index in [1.165, 1.54) is 0 Å². The fourth-order valence-electron chi connectivity index (χ4n) is 1.98. The number of hydrogen-bond donors (Lipinski definition) is 0. The lowest BCUT2D eigenvalue weighted by Crippen LogP contribution is -2.31. The molecule has 0 saturated heterocycles. The summed E-state index contributed by atoms with van der Waals surface area (Å²) in [5.41, 5.74) is 1.39. The lowest BCUT2D eigenvalue weighted by Gasteiger charge is -2.22. The Labute approximate surface area is 133 Å². The lowest BCUT2D eigenvalue weighted by atomic mass is 10.1. The molecule has 0 aliphatic carbocycles. The summed E-state index contributed by atoms with van der Waals surface area (Å²) in [6.07, 6.45) is 1.71. The lowest BCUT2D eigenvalue weighted by molar-refractivity contribution is 0.0988. The summed E-state index contributed by atoms with van der Waals surface area (Å²) in [5.74, 6) is 0.542. The van der Waals surface area contributed by atoms with Crippen molar-refractivity contribution in [3.8, 4) is 5.75 Å². The molecule has 4 heteroatoms. The van der Waals surface area contributed by atoms with Crippen LogP contribution in [-0.2, 0) is 0 Å². The highest BCUT2D eigenvalue weighted by Gasteiger charge is 2.19. The Morgan fingerprint density at radius 2 is 2.00 bits per heavy atom. The molecule has 0 bridgehead atoms. The number of benzene rings is 2. The van der Waals surface area contributed by atoms with Crippen LogP contribution in [0, 0.1) is 0 Å². The first-order chi connectivity index (χ1) is 10.2. The van der Waals surface area contributed by atoms with Crippen molar-refractivity contribution in [2.75, 3.05) is 18.6 Å². The van der Waals surface area contributed by atoms with E-state index in [0.717, 1.165) is 10.2 Å². The largest absolute Gasteiger partial charge is 0.497 e. The number of hydrogen-bond acceptors (Lipinski definition) is 2. The molecule has 0 N–H and O–H groups in total. The smallest absolute Gasteiger partial charge is 0.259 e. The average Bonchev–Trinajstić information content (AvgIpc) is 2.53. The molecule has 108 valence electrons. The summed E-state index contributed by atoms with van der Waals surface area (Å²) in [6, 6.07) is 14.9. The average molecular weight is 346 g/mol. The van der Waals surface area contributed by atoms with E-state index in [-0.39, 0.29) is 5.91 Å². The van der Waals surface area contributed by atoms with Gasteiger partial charge in [-0.2, -0.15) is 0 Å². The molecule has 0 radical (unpaired) electrons. The van der Waals surface area contributed by atoms with Crippen molar-refractivity contribution < 1.29 is 9.53 Å². The number of ether oxygens (including phenoxy) is 1. The second-order valence-corrected chi connectivity index (χ2v) is 5.24. The maximum atomic E-state index is 12.8. The maximum Gasteiger partial charge on any atom is 0.259 e. The van der Waals surface area contributed by atoms with Gasteiger partial charge in [0.05, 0.1) is 12.7 Å². The van der Waals surface area contributed by atoms with Gasteiger partial charge in [-0.3, -0.25) is 4.79 Å². The molecule has 0 heterocycles. The summed E-state index contributed by atoms with van der Waals surface area (Å²) >= 11 is 3.42. The highest BCUT2D eigenvalue weighted by atomic mass is 79.9.